The van der Waals surface area contributed by atoms with Gasteiger partial charge in [-0.25, -0.2) is 8.42 Å². The Bertz CT molecular complexity index is 569. The Morgan fingerprint density at radius 3 is 2.45 bits per heavy atom. The summed E-state index contributed by atoms with van der Waals surface area (Å²) in [6.07, 6.45) is 0.214. The van der Waals surface area contributed by atoms with Crippen LogP contribution in [0.1, 0.15) is 17.5 Å². The Kier molecular flexibility index (Phi) is 4.74. The number of nitrogens with two attached hydrogens (primary N) is 1. The van der Waals surface area contributed by atoms with E-state index in [9.17, 15) is 13.2 Å². The van der Waals surface area contributed by atoms with Crippen molar-refractivity contribution in [1.29, 1.82) is 0 Å². The minimum absolute atomic E-state index is 0.0496. The number of nitrogens with one attached hydrogen (secondary N) is 1. The van der Waals surface area contributed by atoms with Gasteiger partial charge in [-0.15, -0.1) is 0 Å². The highest BCUT2D eigenvalue weighted by Crippen LogP contribution is 2.13. The Balaban J connectivity index is 2.07. The Morgan fingerprint density at radius 2 is 1.80 bits per heavy atom. The van der Waals surface area contributed by atoms with Gasteiger partial charge in [0.2, 0.25) is 15.9 Å². The third-order valence-corrected chi connectivity index (χ3v) is 5.12. The summed E-state index contributed by atoms with van der Waals surface area (Å²) in [4.78, 5) is 11.2. The van der Waals surface area contributed by atoms with Gasteiger partial charge in [0.05, 0.1) is 5.75 Å². The molecular formula is C13H19N3O3S. The van der Waals surface area contributed by atoms with Crippen molar-refractivity contribution >= 4 is 15.9 Å². The lowest BCUT2D eigenvalue weighted by molar-refractivity contribution is -0.120. The van der Waals surface area contributed by atoms with Crippen LogP contribution in [0.2, 0.25) is 0 Å². The zero-order chi connectivity index (χ0) is 14.6. The summed E-state index contributed by atoms with van der Waals surface area (Å²) in [6.45, 7) is 1.38. The van der Waals surface area contributed by atoms with E-state index in [2.05, 4.69) is 5.32 Å². The average Bonchev–Trinajstić information content (AvgIpc) is 2.64. The summed E-state index contributed by atoms with van der Waals surface area (Å²) >= 11 is 0. The van der Waals surface area contributed by atoms with Gasteiger partial charge in [-0.05, 0) is 11.1 Å². The van der Waals surface area contributed by atoms with Gasteiger partial charge in [0, 0.05) is 32.6 Å². The van der Waals surface area contributed by atoms with Crippen molar-refractivity contribution in [3.8, 4) is 0 Å². The van der Waals surface area contributed by atoms with Crippen molar-refractivity contribution in [3.63, 3.8) is 0 Å². The predicted octanol–water partition coefficient (Wildman–Crippen LogP) is -0.203. The number of sulfonamides is 1. The molecule has 7 heteroatoms. The van der Waals surface area contributed by atoms with Gasteiger partial charge in [-0.1, -0.05) is 24.3 Å². The summed E-state index contributed by atoms with van der Waals surface area (Å²) in [7, 11) is -3.39. The molecule has 1 aliphatic heterocycles. The first-order valence-electron chi connectivity index (χ1n) is 6.53. The monoisotopic (exact) mass is 297 g/mol. The fourth-order valence-corrected chi connectivity index (χ4v) is 3.63. The summed E-state index contributed by atoms with van der Waals surface area (Å²) in [5, 5.41) is 2.67. The van der Waals surface area contributed by atoms with Crippen LogP contribution in [0.5, 0.6) is 0 Å². The van der Waals surface area contributed by atoms with Gasteiger partial charge in [-0.2, -0.15) is 4.31 Å². The second-order valence-electron chi connectivity index (χ2n) is 4.78. The molecule has 1 aromatic rings. The molecule has 3 N–H and O–H groups in total. The minimum atomic E-state index is -3.39. The van der Waals surface area contributed by atoms with Gasteiger partial charge in [-0.3, -0.25) is 4.79 Å². The molecule has 0 atom stereocenters. The number of carbonyl (C=O) groups excluding carboxylic acids is 1. The summed E-state index contributed by atoms with van der Waals surface area (Å²) in [5.41, 5.74) is 7.20. The van der Waals surface area contributed by atoms with Gasteiger partial charge in [0.25, 0.3) is 0 Å². The van der Waals surface area contributed by atoms with E-state index < -0.39 is 10.0 Å². The number of rotatable bonds is 4. The number of carbonyl (C=O) groups is 1. The standard InChI is InChI=1S/C13H19N3O3S/c14-9-11-1-3-12(4-2-11)10-20(18,19)16-7-5-13(17)15-6-8-16/h1-4H,5-10,14H2,(H,15,17). The van der Waals surface area contributed by atoms with Crippen molar-refractivity contribution < 1.29 is 13.2 Å². The quantitative estimate of drug-likeness (QED) is 0.805. The van der Waals surface area contributed by atoms with Gasteiger partial charge in [0.15, 0.2) is 0 Å². The maximum atomic E-state index is 12.3. The second kappa shape index (κ2) is 6.34. The van der Waals surface area contributed by atoms with Crippen LogP contribution >= 0.6 is 0 Å². The van der Waals surface area contributed by atoms with Crippen molar-refractivity contribution in [1.82, 2.24) is 9.62 Å². The number of nitrogens with zero attached hydrogens (tertiary/aromatic N) is 1. The Hall–Kier alpha value is -1.44. The number of hydrogen-bond donors (Lipinski definition) is 2. The fourth-order valence-electron chi connectivity index (χ4n) is 2.10. The van der Waals surface area contributed by atoms with Crippen LogP contribution < -0.4 is 11.1 Å². The lowest BCUT2D eigenvalue weighted by Crippen LogP contribution is -2.35. The van der Waals surface area contributed by atoms with E-state index in [1.54, 1.807) is 12.1 Å². The molecule has 1 saturated heterocycles. The predicted molar refractivity (Wildman–Crippen MR) is 76.2 cm³/mol. The second-order valence-corrected chi connectivity index (χ2v) is 6.74. The molecule has 20 heavy (non-hydrogen) atoms. The molecule has 0 unspecified atom stereocenters. The van der Waals surface area contributed by atoms with Crippen LogP contribution in [-0.4, -0.2) is 38.3 Å². The van der Waals surface area contributed by atoms with Crippen LogP contribution in [0.25, 0.3) is 0 Å². The van der Waals surface area contributed by atoms with E-state index in [1.807, 2.05) is 12.1 Å². The molecule has 0 saturated carbocycles. The van der Waals surface area contributed by atoms with Crippen molar-refractivity contribution in [3.05, 3.63) is 35.4 Å². The maximum Gasteiger partial charge on any atom is 0.221 e. The Morgan fingerprint density at radius 1 is 1.15 bits per heavy atom. The first kappa shape index (κ1) is 15.0. The first-order valence-corrected chi connectivity index (χ1v) is 8.14. The van der Waals surface area contributed by atoms with Crippen molar-refractivity contribution in [2.45, 2.75) is 18.7 Å². The highest BCUT2D eigenvalue weighted by atomic mass is 32.2. The molecule has 1 aliphatic rings. The van der Waals surface area contributed by atoms with Gasteiger partial charge in [0.1, 0.15) is 0 Å². The van der Waals surface area contributed by atoms with Gasteiger partial charge >= 0.3 is 0 Å². The normalized spacial score (nSPS) is 17.6. The van der Waals surface area contributed by atoms with E-state index in [1.165, 1.54) is 4.31 Å². The highest BCUT2D eigenvalue weighted by molar-refractivity contribution is 7.88. The zero-order valence-corrected chi connectivity index (χ0v) is 12.0. The highest BCUT2D eigenvalue weighted by Gasteiger charge is 2.25. The van der Waals surface area contributed by atoms with Crippen LogP contribution in [0.15, 0.2) is 24.3 Å². The first-order chi connectivity index (χ1) is 9.51. The van der Waals surface area contributed by atoms with Crippen molar-refractivity contribution in [2.24, 2.45) is 5.73 Å². The molecule has 0 bridgehead atoms. The number of hydrogen-bond acceptors (Lipinski definition) is 4. The molecule has 1 amide bonds. The van der Waals surface area contributed by atoms with Crippen LogP contribution in [0.4, 0.5) is 0 Å². The molecule has 110 valence electrons. The topological polar surface area (TPSA) is 92.5 Å². The van der Waals surface area contributed by atoms with Gasteiger partial charge < -0.3 is 11.1 Å². The lowest BCUT2D eigenvalue weighted by atomic mass is 10.1. The van der Waals surface area contributed by atoms with E-state index >= 15 is 0 Å². The molecule has 6 nitrogen and oxygen atoms in total. The fraction of sp³-hybridized carbons (Fsp3) is 0.462. The summed E-state index contributed by atoms with van der Waals surface area (Å²) in [6, 6.07) is 7.22. The molecule has 0 radical (unpaired) electrons. The van der Waals surface area contributed by atoms with Crippen LogP contribution in [-0.2, 0) is 27.1 Å². The van der Waals surface area contributed by atoms with E-state index in [0.717, 1.165) is 11.1 Å². The molecular weight excluding hydrogens is 278 g/mol. The smallest absolute Gasteiger partial charge is 0.221 e. The largest absolute Gasteiger partial charge is 0.355 e. The molecule has 1 aromatic carbocycles. The molecule has 0 spiro atoms. The molecule has 1 heterocycles. The third-order valence-electron chi connectivity index (χ3n) is 3.27. The van der Waals surface area contributed by atoms with Crippen LogP contribution in [0, 0.1) is 0 Å². The van der Waals surface area contributed by atoms with E-state index in [0.29, 0.717) is 19.6 Å². The Labute approximate surface area is 119 Å². The molecule has 2 rings (SSSR count). The molecule has 0 aromatic heterocycles. The van der Waals surface area contributed by atoms with Crippen molar-refractivity contribution in [2.75, 3.05) is 19.6 Å². The summed E-state index contributed by atoms with van der Waals surface area (Å²) in [5.74, 6) is -0.151. The third kappa shape index (κ3) is 3.78. The minimum Gasteiger partial charge on any atom is -0.355 e. The van der Waals surface area contributed by atoms with E-state index in [4.69, 9.17) is 5.73 Å². The maximum absolute atomic E-state index is 12.3. The van der Waals surface area contributed by atoms with Crippen LogP contribution in [0.3, 0.4) is 0 Å². The average molecular weight is 297 g/mol. The van der Waals surface area contributed by atoms with E-state index in [-0.39, 0.29) is 24.6 Å². The SMILES string of the molecule is NCc1ccc(CS(=O)(=O)N2CCNC(=O)CC2)cc1. The molecule has 0 aliphatic carbocycles. The zero-order valence-electron chi connectivity index (χ0n) is 11.2. The number of amides is 1. The summed E-state index contributed by atoms with van der Waals surface area (Å²) < 4.78 is 26.0. The lowest BCUT2D eigenvalue weighted by Gasteiger charge is -2.19. The number of benzene rings is 1. The molecule has 1 fully saturated rings.